The van der Waals surface area contributed by atoms with E-state index in [9.17, 15) is 0 Å². The van der Waals surface area contributed by atoms with Gasteiger partial charge in [0.2, 0.25) is 0 Å². The van der Waals surface area contributed by atoms with Gasteiger partial charge in [0.05, 0.1) is 6.04 Å². The second-order valence-corrected chi connectivity index (χ2v) is 5.92. The minimum atomic E-state index is -0.0821. The summed E-state index contributed by atoms with van der Waals surface area (Å²) in [7, 11) is 0. The van der Waals surface area contributed by atoms with Crippen LogP contribution in [0.25, 0.3) is 0 Å². The van der Waals surface area contributed by atoms with Crippen molar-refractivity contribution in [1.82, 2.24) is 10.6 Å². The first kappa shape index (κ1) is 15.6. The molecular weight excluding hydrogens is 308 g/mol. The van der Waals surface area contributed by atoms with Crippen molar-refractivity contribution in [2.45, 2.75) is 25.6 Å². The molecule has 0 unspecified atom stereocenters. The average Bonchev–Trinajstić information content (AvgIpc) is 2.60. The van der Waals surface area contributed by atoms with Gasteiger partial charge in [-0.3, -0.25) is 0 Å². The third-order valence-electron chi connectivity index (χ3n) is 3.74. The van der Waals surface area contributed by atoms with Crippen LogP contribution in [0, 0.1) is 0 Å². The molecule has 3 rings (SSSR count). The lowest BCUT2D eigenvalue weighted by Crippen LogP contribution is -2.50. The van der Waals surface area contributed by atoms with Crippen LogP contribution in [-0.2, 0) is 6.54 Å². The van der Waals surface area contributed by atoms with E-state index in [0.717, 1.165) is 11.5 Å². The van der Waals surface area contributed by atoms with Crippen LogP contribution in [0.4, 0.5) is 0 Å². The zero-order chi connectivity index (χ0) is 16.1. The Morgan fingerprint density at radius 2 is 1.83 bits per heavy atom. The van der Waals surface area contributed by atoms with E-state index in [4.69, 9.17) is 21.7 Å². The fraction of sp³-hybridized carbons (Fsp3) is 0.278. The quantitative estimate of drug-likeness (QED) is 0.845. The number of rotatable bonds is 4. The van der Waals surface area contributed by atoms with Crippen LogP contribution in [0.15, 0.2) is 54.6 Å². The second kappa shape index (κ2) is 7.33. The van der Waals surface area contributed by atoms with Gasteiger partial charge in [0.15, 0.2) is 22.7 Å². The van der Waals surface area contributed by atoms with Gasteiger partial charge in [-0.05, 0) is 36.8 Å². The molecule has 23 heavy (non-hydrogen) atoms. The molecule has 2 atom stereocenters. The molecule has 0 aromatic heterocycles. The second-order valence-electron chi connectivity index (χ2n) is 5.52. The van der Waals surface area contributed by atoms with E-state index < -0.39 is 0 Å². The highest BCUT2D eigenvalue weighted by atomic mass is 32.1. The van der Waals surface area contributed by atoms with Crippen molar-refractivity contribution in [1.29, 1.82) is 0 Å². The van der Waals surface area contributed by atoms with Gasteiger partial charge in [-0.25, -0.2) is 0 Å². The van der Waals surface area contributed by atoms with E-state index in [0.29, 0.717) is 18.3 Å². The summed E-state index contributed by atoms with van der Waals surface area (Å²) >= 11 is 5.36. The lowest BCUT2D eigenvalue weighted by atomic mass is 10.1. The Labute approximate surface area is 141 Å². The van der Waals surface area contributed by atoms with Gasteiger partial charge in [-0.15, -0.1) is 0 Å². The Morgan fingerprint density at radius 1 is 1.13 bits per heavy atom. The Morgan fingerprint density at radius 3 is 2.61 bits per heavy atom. The van der Waals surface area contributed by atoms with Crippen LogP contribution in [-0.4, -0.2) is 23.9 Å². The predicted molar refractivity (Wildman–Crippen MR) is 94.8 cm³/mol. The third-order valence-corrected chi connectivity index (χ3v) is 4.01. The molecule has 120 valence electrons. The van der Waals surface area contributed by atoms with E-state index in [1.165, 1.54) is 5.56 Å². The molecule has 0 radical (unpaired) electrons. The molecule has 0 aliphatic carbocycles. The van der Waals surface area contributed by atoms with E-state index >= 15 is 0 Å². The van der Waals surface area contributed by atoms with Crippen molar-refractivity contribution in [3.63, 3.8) is 0 Å². The largest absolute Gasteiger partial charge is 0.486 e. The number of para-hydroxylation sites is 2. The summed E-state index contributed by atoms with van der Waals surface area (Å²) in [5, 5.41) is 7.09. The zero-order valence-corrected chi connectivity index (χ0v) is 13.8. The maximum Gasteiger partial charge on any atom is 0.166 e. The van der Waals surface area contributed by atoms with Crippen LogP contribution in [0.2, 0.25) is 0 Å². The summed E-state index contributed by atoms with van der Waals surface area (Å²) in [5.74, 6) is 1.57. The van der Waals surface area contributed by atoms with E-state index in [-0.39, 0.29) is 12.1 Å². The van der Waals surface area contributed by atoms with Gasteiger partial charge in [-0.1, -0.05) is 42.5 Å². The van der Waals surface area contributed by atoms with Gasteiger partial charge in [0.25, 0.3) is 0 Å². The normalized spacial score (nSPS) is 17.2. The van der Waals surface area contributed by atoms with Crippen LogP contribution >= 0.6 is 12.2 Å². The monoisotopic (exact) mass is 328 g/mol. The number of thiocarbonyl (C=S) groups is 1. The SMILES string of the molecule is C[C@H](NC(=S)NCc1ccccc1)[C@H]1COc2ccccc2O1. The first-order chi connectivity index (χ1) is 11.2. The molecule has 0 amide bonds. The Bertz CT molecular complexity index is 663. The number of ether oxygens (including phenoxy) is 2. The van der Waals surface area contributed by atoms with Gasteiger partial charge >= 0.3 is 0 Å². The molecule has 2 aromatic carbocycles. The van der Waals surface area contributed by atoms with Gasteiger partial charge in [0.1, 0.15) is 6.61 Å². The first-order valence-electron chi connectivity index (χ1n) is 7.69. The first-order valence-corrected chi connectivity index (χ1v) is 8.10. The van der Waals surface area contributed by atoms with E-state index in [2.05, 4.69) is 22.8 Å². The molecule has 1 heterocycles. The highest BCUT2D eigenvalue weighted by molar-refractivity contribution is 7.80. The lowest BCUT2D eigenvalue weighted by molar-refractivity contribution is 0.0716. The summed E-state index contributed by atoms with van der Waals surface area (Å²) in [6, 6.07) is 17.9. The topological polar surface area (TPSA) is 42.5 Å². The molecule has 1 aliphatic rings. The highest BCUT2D eigenvalue weighted by Gasteiger charge is 2.26. The molecule has 0 bridgehead atoms. The Kier molecular flexibility index (Phi) is 4.98. The molecule has 0 spiro atoms. The Hall–Kier alpha value is -2.27. The summed E-state index contributed by atoms with van der Waals surface area (Å²) in [5.41, 5.74) is 1.19. The van der Waals surface area contributed by atoms with Crippen LogP contribution < -0.4 is 20.1 Å². The fourth-order valence-corrected chi connectivity index (χ4v) is 2.67. The smallest absolute Gasteiger partial charge is 0.166 e. The highest BCUT2D eigenvalue weighted by Crippen LogP contribution is 2.31. The summed E-state index contributed by atoms with van der Waals surface area (Å²) in [6.45, 7) is 3.25. The molecule has 0 saturated carbocycles. The average molecular weight is 328 g/mol. The van der Waals surface area contributed by atoms with Crippen molar-refractivity contribution in [2.75, 3.05) is 6.61 Å². The molecule has 0 saturated heterocycles. The number of hydrogen-bond acceptors (Lipinski definition) is 3. The van der Waals surface area contributed by atoms with Crippen LogP contribution in [0.5, 0.6) is 11.5 Å². The van der Waals surface area contributed by atoms with E-state index in [1.807, 2.05) is 49.4 Å². The molecular formula is C18H20N2O2S. The molecule has 2 aromatic rings. The number of fused-ring (bicyclic) bond motifs is 1. The van der Waals surface area contributed by atoms with Crippen molar-refractivity contribution in [3.8, 4) is 11.5 Å². The number of hydrogen-bond donors (Lipinski definition) is 2. The molecule has 2 N–H and O–H groups in total. The maximum atomic E-state index is 5.98. The summed E-state index contributed by atoms with van der Waals surface area (Å²) in [4.78, 5) is 0. The molecule has 1 aliphatic heterocycles. The van der Waals surface area contributed by atoms with Gasteiger partial charge < -0.3 is 20.1 Å². The van der Waals surface area contributed by atoms with E-state index in [1.54, 1.807) is 0 Å². The van der Waals surface area contributed by atoms with Crippen molar-refractivity contribution >= 4 is 17.3 Å². The molecule has 0 fully saturated rings. The minimum absolute atomic E-state index is 0.0409. The summed E-state index contributed by atoms with van der Waals surface area (Å²) in [6.07, 6.45) is -0.0821. The molecule has 5 heteroatoms. The standard InChI is InChI=1S/C18H20N2O2S/c1-13(17-12-21-15-9-5-6-10-16(15)22-17)20-18(23)19-11-14-7-3-2-4-8-14/h2-10,13,17H,11-12H2,1H3,(H2,19,20,23)/t13-,17+/m0/s1. The Balaban J connectivity index is 1.49. The maximum absolute atomic E-state index is 5.98. The fourth-order valence-electron chi connectivity index (χ4n) is 2.41. The lowest BCUT2D eigenvalue weighted by Gasteiger charge is -2.31. The van der Waals surface area contributed by atoms with Gasteiger partial charge in [0, 0.05) is 6.54 Å². The van der Waals surface area contributed by atoms with Crippen molar-refractivity contribution in [3.05, 3.63) is 60.2 Å². The van der Waals surface area contributed by atoms with Crippen molar-refractivity contribution in [2.24, 2.45) is 0 Å². The number of nitrogens with one attached hydrogen (secondary N) is 2. The van der Waals surface area contributed by atoms with Gasteiger partial charge in [-0.2, -0.15) is 0 Å². The third kappa shape index (κ3) is 4.13. The minimum Gasteiger partial charge on any atom is -0.486 e. The zero-order valence-electron chi connectivity index (χ0n) is 13.0. The van der Waals surface area contributed by atoms with Crippen molar-refractivity contribution < 1.29 is 9.47 Å². The molecule has 4 nitrogen and oxygen atoms in total. The number of benzene rings is 2. The van der Waals surface area contributed by atoms with Crippen LogP contribution in [0.3, 0.4) is 0 Å². The predicted octanol–water partition coefficient (Wildman–Crippen LogP) is 2.88. The van der Waals surface area contributed by atoms with Crippen LogP contribution in [0.1, 0.15) is 12.5 Å². The summed E-state index contributed by atoms with van der Waals surface area (Å²) < 4.78 is 11.7.